The van der Waals surface area contributed by atoms with Crippen molar-refractivity contribution in [2.24, 2.45) is 0 Å². The van der Waals surface area contributed by atoms with Crippen LogP contribution in [0.5, 0.6) is 0 Å². The minimum Gasteiger partial charge on any atom is -0.451 e. The summed E-state index contributed by atoms with van der Waals surface area (Å²) in [5.74, 6) is -3.34. The van der Waals surface area contributed by atoms with Crippen molar-refractivity contribution in [3.8, 4) is 0 Å². The number of rotatable bonds is 5. The van der Waals surface area contributed by atoms with Gasteiger partial charge in [0.05, 0.1) is 10.9 Å². The number of halogens is 2. The topological polar surface area (TPSA) is 84.9 Å². The Morgan fingerprint density at radius 1 is 1.37 bits per heavy atom. The van der Waals surface area contributed by atoms with Gasteiger partial charge in [0.25, 0.3) is 11.3 Å². The molecule has 27 heavy (non-hydrogen) atoms. The number of aromatic amines is 1. The molecule has 6 nitrogen and oxygen atoms in total. The van der Waals surface area contributed by atoms with Crippen LogP contribution in [0.4, 0.5) is 8.78 Å². The van der Waals surface area contributed by atoms with Gasteiger partial charge in [0.1, 0.15) is 9.86 Å². The van der Waals surface area contributed by atoms with Crippen LogP contribution in [0.3, 0.4) is 0 Å². The third-order valence-corrected chi connectivity index (χ3v) is 5.75. The maximum absolute atomic E-state index is 12.6. The summed E-state index contributed by atoms with van der Waals surface area (Å²) in [6, 6.07) is 2.82. The van der Waals surface area contributed by atoms with Crippen molar-refractivity contribution in [2.75, 3.05) is 0 Å². The Hall–Kier alpha value is -2.33. The fraction of sp³-hybridized carbons (Fsp3) is 0.294. The number of thiophene rings is 1. The second kappa shape index (κ2) is 7.73. The molecule has 0 aliphatic heterocycles. The van der Waals surface area contributed by atoms with Gasteiger partial charge in [0, 0.05) is 11.1 Å². The van der Waals surface area contributed by atoms with Gasteiger partial charge in [-0.15, -0.1) is 11.3 Å². The van der Waals surface area contributed by atoms with Crippen molar-refractivity contribution >= 4 is 39.3 Å². The molecule has 0 fully saturated rings. The van der Waals surface area contributed by atoms with Gasteiger partial charge in [-0.3, -0.25) is 4.79 Å². The van der Waals surface area contributed by atoms with Crippen LogP contribution in [-0.2, 0) is 4.74 Å². The average molecular weight is 411 g/mol. The minimum absolute atomic E-state index is 0.0686. The number of hydrogen-bond acceptors (Lipinski definition) is 7. The smallest absolute Gasteiger partial charge is 0.341 e. The fourth-order valence-corrected chi connectivity index (χ4v) is 4.07. The molecule has 1 N–H and O–H groups in total. The Balaban J connectivity index is 1.88. The van der Waals surface area contributed by atoms with Crippen molar-refractivity contribution in [3.63, 3.8) is 0 Å². The van der Waals surface area contributed by atoms with Gasteiger partial charge in [-0.25, -0.2) is 14.8 Å². The Morgan fingerprint density at radius 2 is 2.11 bits per heavy atom. The normalized spacial score (nSPS) is 12.5. The van der Waals surface area contributed by atoms with Crippen LogP contribution in [0.25, 0.3) is 10.2 Å². The molecular weight excluding hydrogens is 396 g/mol. The third kappa shape index (κ3) is 4.01. The number of esters is 1. The number of alkyl halides is 2. The number of aryl methyl sites for hydroxylation is 2. The van der Waals surface area contributed by atoms with Crippen LogP contribution in [0.1, 0.15) is 39.7 Å². The number of ether oxygens (including phenoxy) is 1. The predicted octanol–water partition coefficient (Wildman–Crippen LogP) is 4.23. The second-order valence-electron chi connectivity index (χ2n) is 5.70. The maximum Gasteiger partial charge on any atom is 0.341 e. The molecule has 0 saturated carbocycles. The monoisotopic (exact) mass is 411 g/mol. The third-order valence-electron chi connectivity index (χ3n) is 3.92. The Morgan fingerprint density at radius 3 is 2.81 bits per heavy atom. The highest BCUT2D eigenvalue weighted by atomic mass is 32.2. The van der Waals surface area contributed by atoms with Crippen molar-refractivity contribution < 1.29 is 18.3 Å². The van der Waals surface area contributed by atoms with E-state index in [1.165, 1.54) is 29.7 Å². The largest absolute Gasteiger partial charge is 0.451 e. The zero-order valence-electron chi connectivity index (χ0n) is 14.6. The van der Waals surface area contributed by atoms with E-state index < -0.39 is 17.8 Å². The number of thioether (sulfide) groups is 1. The van der Waals surface area contributed by atoms with Crippen molar-refractivity contribution in [2.45, 2.75) is 37.7 Å². The molecule has 142 valence electrons. The van der Waals surface area contributed by atoms with Crippen molar-refractivity contribution in [3.05, 3.63) is 50.5 Å². The van der Waals surface area contributed by atoms with Crippen LogP contribution in [0, 0.1) is 13.8 Å². The van der Waals surface area contributed by atoms with E-state index in [0.29, 0.717) is 10.2 Å². The van der Waals surface area contributed by atoms with Crippen LogP contribution < -0.4 is 5.56 Å². The standard InChI is InChI=1S/C17H15F2N3O3S2/c1-7-9(3)26-15-11(7)13(23)21-12(22-15)8(2)25-16(24)10-5-4-6-20-14(10)27-17(18)19/h4-6,8,17H,1-3H3,(H,21,22,23)/t8-/m1/s1. The van der Waals surface area contributed by atoms with Gasteiger partial charge >= 0.3 is 5.97 Å². The first-order valence-electron chi connectivity index (χ1n) is 7.88. The number of nitrogens with zero attached hydrogens (tertiary/aromatic N) is 2. The molecule has 0 aliphatic rings. The summed E-state index contributed by atoms with van der Waals surface area (Å²) in [4.78, 5) is 37.1. The molecule has 10 heteroatoms. The maximum atomic E-state index is 12.6. The van der Waals surface area contributed by atoms with Gasteiger partial charge < -0.3 is 9.72 Å². The van der Waals surface area contributed by atoms with Crippen LogP contribution in [0.2, 0.25) is 0 Å². The molecule has 3 heterocycles. The molecule has 3 aromatic heterocycles. The first-order chi connectivity index (χ1) is 12.8. The van der Waals surface area contributed by atoms with E-state index >= 15 is 0 Å². The molecule has 0 bridgehead atoms. The first-order valence-corrected chi connectivity index (χ1v) is 9.58. The average Bonchev–Trinajstić information content (AvgIpc) is 2.89. The molecule has 3 aromatic rings. The summed E-state index contributed by atoms with van der Waals surface area (Å²) < 4.78 is 30.6. The molecule has 0 radical (unpaired) electrons. The van der Waals surface area contributed by atoms with Crippen LogP contribution >= 0.6 is 23.1 Å². The molecule has 0 aromatic carbocycles. The van der Waals surface area contributed by atoms with E-state index in [-0.39, 0.29) is 33.7 Å². The molecule has 0 spiro atoms. The highest BCUT2D eigenvalue weighted by molar-refractivity contribution is 7.99. The second-order valence-corrected chi connectivity index (χ2v) is 7.88. The highest BCUT2D eigenvalue weighted by Crippen LogP contribution is 2.29. The Kier molecular flexibility index (Phi) is 5.56. The van der Waals surface area contributed by atoms with Crippen molar-refractivity contribution in [1.82, 2.24) is 15.0 Å². The zero-order valence-corrected chi connectivity index (χ0v) is 16.2. The summed E-state index contributed by atoms with van der Waals surface area (Å²) in [6.45, 7) is 5.29. The summed E-state index contributed by atoms with van der Waals surface area (Å²) in [7, 11) is 0. The van der Waals surface area contributed by atoms with Gasteiger partial charge in [0.2, 0.25) is 0 Å². The number of carbonyl (C=O) groups excluding carboxylic acids is 1. The van der Waals surface area contributed by atoms with Gasteiger partial charge in [-0.1, -0.05) is 0 Å². The lowest BCUT2D eigenvalue weighted by Gasteiger charge is -2.13. The SMILES string of the molecule is Cc1sc2nc([C@@H](C)OC(=O)c3cccnc3SC(F)F)[nH]c(=O)c2c1C. The molecule has 0 saturated heterocycles. The molecular formula is C17H15F2N3O3S2. The van der Waals surface area contributed by atoms with Crippen LogP contribution in [0.15, 0.2) is 28.2 Å². The minimum atomic E-state index is -2.71. The molecule has 0 aliphatic carbocycles. The number of H-pyrrole nitrogens is 1. The highest BCUT2D eigenvalue weighted by Gasteiger charge is 2.22. The number of hydrogen-bond donors (Lipinski definition) is 1. The number of pyridine rings is 1. The van der Waals surface area contributed by atoms with Gasteiger partial charge in [0.15, 0.2) is 11.9 Å². The summed E-state index contributed by atoms with van der Waals surface area (Å²) in [6.07, 6.45) is 0.446. The zero-order chi connectivity index (χ0) is 19.7. The van der Waals surface area contributed by atoms with E-state index in [2.05, 4.69) is 15.0 Å². The quantitative estimate of drug-likeness (QED) is 0.500. The number of fused-ring (bicyclic) bond motifs is 1. The van der Waals surface area contributed by atoms with E-state index in [1.807, 2.05) is 13.8 Å². The summed E-state index contributed by atoms with van der Waals surface area (Å²) >= 11 is 1.55. The lowest BCUT2D eigenvalue weighted by molar-refractivity contribution is 0.0315. The fourth-order valence-electron chi connectivity index (χ4n) is 2.47. The Labute approximate surface area is 161 Å². The van der Waals surface area contributed by atoms with Crippen LogP contribution in [-0.4, -0.2) is 26.7 Å². The molecule has 0 amide bonds. The van der Waals surface area contributed by atoms with E-state index in [9.17, 15) is 18.4 Å². The number of nitrogens with one attached hydrogen (secondary N) is 1. The van der Waals surface area contributed by atoms with Gasteiger partial charge in [-0.05, 0) is 50.2 Å². The predicted molar refractivity (Wildman–Crippen MR) is 99.6 cm³/mol. The van der Waals surface area contributed by atoms with E-state index in [4.69, 9.17) is 4.74 Å². The molecule has 1 atom stereocenters. The Bertz CT molecular complexity index is 1070. The number of carbonyl (C=O) groups is 1. The molecule has 0 unspecified atom stereocenters. The van der Waals surface area contributed by atoms with E-state index in [0.717, 1.165) is 10.4 Å². The van der Waals surface area contributed by atoms with E-state index in [1.54, 1.807) is 6.92 Å². The number of aromatic nitrogens is 3. The first kappa shape index (κ1) is 19.4. The van der Waals surface area contributed by atoms with Gasteiger partial charge in [-0.2, -0.15) is 8.78 Å². The summed E-state index contributed by atoms with van der Waals surface area (Å²) in [5, 5.41) is 0.397. The lowest BCUT2D eigenvalue weighted by atomic mass is 10.2. The molecule has 3 rings (SSSR count). The lowest BCUT2D eigenvalue weighted by Crippen LogP contribution is -2.17. The van der Waals surface area contributed by atoms with Crippen molar-refractivity contribution in [1.29, 1.82) is 0 Å². The summed E-state index contributed by atoms with van der Waals surface area (Å²) in [5.41, 5.74) is 0.486.